The zero-order valence-electron chi connectivity index (χ0n) is 32.7. The van der Waals surface area contributed by atoms with Gasteiger partial charge in [-0.3, -0.25) is 0 Å². The lowest BCUT2D eigenvalue weighted by Gasteiger charge is -2.37. The van der Waals surface area contributed by atoms with Crippen molar-refractivity contribution in [1.82, 2.24) is 9.13 Å². The molecule has 0 saturated heterocycles. The van der Waals surface area contributed by atoms with Crippen LogP contribution in [0.15, 0.2) is 224 Å². The molecular formula is C55H42N2O2. The fraction of sp³-hybridized carbons (Fsp3) is 0.0545. The lowest BCUT2D eigenvalue weighted by Crippen LogP contribution is -2.34. The number of aliphatic hydroxyl groups is 2. The number of allylic oxidation sites excluding steroid dienone is 2. The van der Waals surface area contributed by atoms with Gasteiger partial charge in [0.1, 0.15) is 11.2 Å². The van der Waals surface area contributed by atoms with Crippen molar-refractivity contribution >= 4 is 43.6 Å². The Morgan fingerprint density at radius 3 is 1.15 bits per heavy atom. The molecule has 0 aliphatic carbocycles. The second kappa shape index (κ2) is 14.3. The second-order valence-electron chi connectivity index (χ2n) is 15.2. The minimum absolute atomic E-state index is 0.648. The Morgan fingerprint density at radius 1 is 0.441 bits per heavy atom. The first-order valence-electron chi connectivity index (χ1n) is 20.0. The van der Waals surface area contributed by atoms with E-state index in [-0.39, 0.29) is 0 Å². The Hall–Kier alpha value is -7.24. The van der Waals surface area contributed by atoms with Crippen LogP contribution in [-0.4, -0.2) is 19.3 Å². The number of hydrogen-bond acceptors (Lipinski definition) is 2. The van der Waals surface area contributed by atoms with Crippen LogP contribution in [0.3, 0.4) is 0 Å². The average Bonchev–Trinajstić information content (AvgIpc) is 3.82. The van der Waals surface area contributed by atoms with E-state index in [4.69, 9.17) is 0 Å². The summed E-state index contributed by atoms with van der Waals surface area (Å²) in [5.41, 5.74) is 6.22. The van der Waals surface area contributed by atoms with Gasteiger partial charge in [-0.05, 0) is 65.6 Å². The highest BCUT2D eigenvalue weighted by Crippen LogP contribution is 2.49. The van der Waals surface area contributed by atoms with Crippen molar-refractivity contribution in [2.24, 2.45) is 0 Å². The topological polar surface area (TPSA) is 50.3 Å². The number of benzene rings is 8. The molecule has 0 bridgehead atoms. The molecule has 0 fully saturated rings. The van der Waals surface area contributed by atoms with Gasteiger partial charge in [-0.15, -0.1) is 0 Å². The molecule has 4 heteroatoms. The van der Waals surface area contributed by atoms with Crippen molar-refractivity contribution in [2.75, 3.05) is 0 Å². The maximum Gasteiger partial charge on any atom is 0.142 e. The largest absolute Gasteiger partial charge is 0.376 e. The highest BCUT2D eigenvalue weighted by Gasteiger charge is 2.42. The van der Waals surface area contributed by atoms with Crippen LogP contribution in [0.2, 0.25) is 0 Å². The average molecular weight is 763 g/mol. The van der Waals surface area contributed by atoms with Gasteiger partial charge in [0.05, 0.1) is 33.4 Å². The van der Waals surface area contributed by atoms with Crippen molar-refractivity contribution in [3.8, 4) is 11.4 Å². The lowest BCUT2D eigenvalue weighted by atomic mass is 9.75. The Morgan fingerprint density at radius 2 is 0.763 bits per heavy atom. The van der Waals surface area contributed by atoms with E-state index in [1.807, 2.05) is 104 Å². The van der Waals surface area contributed by atoms with Crippen molar-refractivity contribution in [3.05, 3.63) is 252 Å². The molecule has 1 unspecified atom stereocenters. The van der Waals surface area contributed by atoms with Gasteiger partial charge in [-0.1, -0.05) is 183 Å². The third-order valence-electron chi connectivity index (χ3n) is 12.0. The van der Waals surface area contributed by atoms with Crippen LogP contribution in [0, 0.1) is 0 Å². The maximum atomic E-state index is 14.0. The van der Waals surface area contributed by atoms with Gasteiger partial charge in [0.25, 0.3) is 0 Å². The smallest absolute Gasteiger partial charge is 0.142 e. The fourth-order valence-electron chi connectivity index (χ4n) is 9.30. The number of nitrogens with zero attached hydrogens (tertiary/aromatic N) is 2. The normalized spacial score (nSPS) is 13.3. The predicted molar refractivity (Wildman–Crippen MR) is 243 cm³/mol. The summed E-state index contributed by atoms with van der Waals surface area (Å²) in [6.45, 7) is 6.03. The zero-order chi connectivity index (χ0) is 40.1. The van der Waals surface area contributed by atoms with Crippen LogP contribution >= 0.6 is 0 Å². The number of rotatable bonds is 9. The van der Waals surface area contributed by atoms with E-state index in [9.17, 15) is 10.2 Å². The van der Waals surface area contributed by atoms with E-state index in [2.05, 4.69) is 125 Å². The van der Waals surface area contributed by atoms with Gasteiger partial charge in [-0.25, -0.2) is 0 Å². The van der Waals surface area contributed by atoms with E-state index in [1.54, 1.807) is 6.08 Å². The van der Waals surface area contributed by atoms with Gasteiger partial charge < -0.3 is 19.3 Å². The summed E-state index contributed by atoms with van der Waals surface area (Å²) in [5.74, 6) is 0. The molecule has 8 aromatic carbocycles. The van der Waals surface area contributed by atoms with Crippen LogP contribution in [0.4, 0.5) is 0 Å². The molecule has 0 saturated carbocycles. The Labute approximate surface area is 343 Å². The summed E-state index contributed by atoms with van der Waals surface area (Å²) in [4.78, 5) is 0. The molecule has 1 atom stereocenters. The summed E-state index contributed by atoms with van der Waals surface area (Å²) < 4.78 is 4.51. The Balaban J connectivity index is 1.48. The summed E-state index contributed by atoms with van der Waals surface area (Å²) >= 11 is 0. The number of fused-ring (bicyclic) bond motifs is 6. The standard InChI is InChI=1S/C55H42N2O2/c1-3-21-38(2)54(58,39-22-7-4-8-23-39)46-36-53(57-50-34-19-15-30-44(50)45-31-16-20-35-51(45)57)47(55(59,40-24-9-5-10-25-40)41-26-11-6-12-27-41)37-52(46)56-48-32-17-13-28-42(48)43-29-14-18-33-49(43)56/h3-37,58-59H,1H2,2H3. The minimum Gasteiger partial charge on any atom is -0.376 e. The minimum atomic E-state index is -1.66. The van der Waals surface area contributed by atoms with E-state index in [0.29, 0.717) is 22.3 Å². The van der Waals surface area contributed by atoms with E-state index in [1.165, 1.54) is 0 Å². The van der Waals surface area contributed by atoms with Crippen LogP contribution in [0.1, 0.15) is 34.7 Å². The van der Waals surface area contributed by atoms with Gasteiger partial charge >= 0.3 is 0 Å². The van der Waals surface area contributed by atoms with Crippen LogP contribution in [0.25, 0.3) is 55.0 Å². The molecule has 10 rings (SSSR count). The first-order chi connectivity index (χ1) is 28.9. The van der Waals surface area contributed by atoms with Crippen molar-refractivity contribution < 1.29 is 10.2 Å². The predicted octanol–water partition coefficient (Wildman–Crippen LogP) is 12.5. The molecule has 2 aromatic heterocycles. The van der Waals surface area contributed by atoms with E-state index in [0.717, 1.165) is 66.1 Å². The molecule has 4 nitrogen and oxygen atoms in total. The maximum absolute atomic E-state index is 14.0. The summed E-state index contributed by atoms with van der Waals surface area (Å²) in [7, 11) is 0. The van der Waals surface area contributed by atoms with Gasteiger partial charge in [0, 0.05) is 32.7 Å². The molecule has 0 aliphatic heterocycles. The highest BCUT2D eigenvalue weighted by atomic mass is 16.3. The molecule has 0 aliphatic rings. The molecule has 0 spiro atoms. The van der Waals surface area contributed by atoms with Crippen molar-refractivity contribution in [3.63, 3.8) is 0 Å². The third kappa shape index (κ3) is 5.53. The van der Waals surface area contributed by atoms with Crippen molar-refractivity contribution in [2.45, 2.75) is 18.1 Å². The molecule has 2 N–H and O–H groups in total. The van der Waals surface area contributed by atoms with Crippen LogP contribution in [-0.2, 0) is 11.2 Å². The van der Waals surface area contributed by atoms with Crippen molar-refractivity contribution in [1.29, 1.82) is 0 Å². The second-order valence-corrected chi connectivity index (χ2v) is 15.2. The van der Waals surface area contributed by atoms with E-state index >= 15 is 0 Å². The molecule has 0 radical (unpaired) electrons. The first kappa shape index (κ1) is 36.1. The van der Waals surface area contributed by atoms with Gasteiger partial charge in [0.15, 0.2) is 0 Å². The summed E-state index contributed by atoms with van der Waals surface area (Å²) in [6.07, 6.45) is 3.62. The molecule has 59 heavy (non-hydrogen) atoms. The third-order valence-corrected chi connectivity index (χ3v) is 12.0. The lowest BCUT2D eigenvalue weighted by molar-refractivity contribution is 0.118. The molecule has 2 heterocycles. The van der Waals surface area contributed by atoms with E-state index < -0.39 is 11.2 Å². The number of hydrogen-bond donors (Lipinski definition) is 2. The Bertz CT molecular complexity index is 3070. The van der Waals surface area contributed by atoms with Gasteiger partial charge in [-0.2, -0.15) is 0 Å². The number of para-hydroxylation sites is 4. The summed E-state index contributed by atoms with van der Waals surface area (Å²) in [6, 6.07) is 67.6. The monoisotopic (exact) mass is 762 g/mol. The van der Waals surface area contributed by atoms with Crippen LogP contribution < -0.4 is 0 Å². The molecule has 284 valence electrons. The first-order valence-corrected chi connectivity index (χ1v) is 20.0. The molecule has 0 amide bonds. The zero-order valence-corrected chi connectivity index (χ0v) is 32.7. The van der Waals surface area contributed by atoms with Crippen LogP contribution in [0.5, 0.6) is 0 Å². The SMILES string of the molecule is C=CC=C(C)C(O)(c1ccccc1)c1cc(-n2c3ccccc3c3ccccc32)c(C(O)(c2ccccc2)c2ccccc2)cc1-n1c2ccccc2c2ccccc21. The quantitative estimate of drug-likeness (QED) is 0.114. The molecular weight excluding hydrogens is 721 g/mol. The number of aromatic nitrogens is 2. The Kier molecular flexibility index (Phi) is 8.75. The highest BCUT2D eigenvalue weighted by molar-refractivity contribution is 6.10. The fourth-order valence-corrected chi connectivity index (χ4v) is 9.30. The van der Waals surface area contributed by atoms with Gasteiger partial charge in [0.2, 0.25) is 0 Å². The molecule has 10 aromatic rings. The summed E-state index contributed by atoms with van der Waals surface area (Å²) in [5, 5.41) is 32.2.